The monoisotopic (exact) mass is 277 g/mol. The van der Waals surface area contributed by atoms with E-state index in [0.717, 1.165) is 31.5 Å². The van der Waals surface area contributed by atoms with Gasteiger partial charge in [-0.3, -0.25) is 5.10 Å². The summed E-state index contributed by atoms with van der Waals surface area (Å²) in [4.78, 5) is 6.63. The van der Waals surface area contributed by atoms with Crippen LogP contribution in [0.15, 0.2) is 24.3 Å². The number of nitrogens with zero attached hydrogens (tertiary/aromatic N) is 3. The average Bonchev–Trinajstić information content (AvgIpc) is 2.89. The van der Waals surface area contributed by atoms with Crippen LogP contribution in [0, 0.1) is 0 Å². The Balaban J connectivity index is 1.85. The number of benzene rings is 1. The van der Waals surface area contributed by atoms with Crippen molar-refractivity contribution in [2.75, 3.05) is 18.0 Å². The van der Waals surface area contributed by atoms with Gasteiger partial charge in [0, 0.05) is 24.7 Å². The summed E-state index contributed by atoms with van der Waals surface area (Å²) in [5.41, 5.74) is 6.84. The molecule has 0 bridgehead atoms. The van der Waals surface area contributed by atoms with Gasteiger partial charge in [0.15, 0.2) is 5.82 Å². The number of H-pyrrole nitrogens is 1. The predicted molar refractivity (Wildman–Crippen MR) is 76.3 cm³/mol. The summed E-state index contributed by atoms with van der Waals surface area (Å²) in [5, 5.41) is 7.88. The second kappa shape index (κ2) is 5.19. The summed E-state index contributed by atoms with van der Waals surface area (Å²) in [6.45, 7) is 1.76. The van der Waals surface area contributed by atoms with Gasteiger partial charge in [-0.25, -0.2) is 0 Å². The Labute approximate surface area is 116 Å². The minimum Gasteiger partial charge on any atom is -0.338 e. The molecular weight excluding hydrogens is 262 g/mol. The van der Waals surface area contributed by atoms with Gasteiger partial charge in [-0.1, -0.05) is 23.7 Å². The Kier molecular flexibility index (Phi) is 3.40. The molecule has 5 nitrogen and oxygen atoms in total. The van der Waals surface area contributed by atoms with Crippen molar-refractivity contribution in [1.82, 2.24) is 15.2 Å². The van der Waals surface area contributed by atoms with Crippen LogP contribution in [0.25, 0.3) is 11.4 Å². The van der Waals surface area contributed by atoms with Crippen molar-refractivity contribution < 1.29 is 0 Å². The smallest absolute Gasteiger partial charge is 0.245 e. The second-order valence-electron chi connectivity index (χ2n) is 4.81. The second-order valence-corrected chi connectivity index (χ2v) is 5.22. The first kappa shape index (κ1) is 12.4. The van der Waals surface area contributed by atoms with E-state index in [1.54, 1.807) is 0 Å². The Morgan fingerprint density at radius 2 is 2.21 bits per heavy atom. The summed E-state index contributed by atoms with van der Waals surface area (Å²) in [7, 11) is 0. The lowest BCUT2D eigenvalue weighted by Crippen LogP contribution is -2.43. The van der Waals surface area contributed by atoms with Crippen LogP contribution in [0.4, 0.5) is 5.95 Å². The molecule has 0 spiro atoms. The molecule has 0 radical (unpaired) electrons. The van der Waals surface area contributed by atoms with Crippen molar-refractivity contribution in [3.05, 3.63) is 29.3 Å². The highest BCUT2D eigenvalue weighted by Gasteiger charge is 2.20. The lowest BCUT2D eigenvalue weighted by molar-refractivity contribution is 0.500. The van der Waals surface area contributed by atoms with Gasteiger partial charge in [0.2, 0.25) is 5.95 Å². The molecule has 3 rings (SSSR count). The minimum absolute atomic E-state index is 0.205. The highest BCUT2D eigenvalue weighted by Crippen LogP contribution is 2.26. The van der Waals surface area contributed by atoms with Crippen LogP contribution in [0.1, 0.15) is 12.8 Å². The molecule has 1 aliphatic rings. The molecule has 19 heavy (non-hydrogen) atoms. The first-order valence-electron chi connectivity index (χ1n) is 6.42. The topological polar surface area (TPSA) is 70.8 Å². The van der Waals surface area contributed by atoms with Gasteiger partial charge in [0.25, 0.3) is 0 Å². The molecule has 6 heteroatoms. The third-order valence-electron chi connectivity index (χ3n) is 3.34. The van der Waals surface area contributed by atoms with Crippen LogP contribution in [0.5, 0.6) is 0 Å². The molecule has 2 heterocycles. The Hall–Kier alpha value is -1.59. The van der Waals surface area contributed by atoms with Crippen molar-refractivity contribution >= 4 is 17.5 Å². The van der Waals surface area contributed by atoms with E-state index in [-0.39, 0.29) is 6.04 Å². The maximum atomic E-state index is 6.16. The number of piperidine rings is 1. The summed E-state index contributed by atoms with van der Waals surface area (Å²) in [6.07, 6.45) is 2.15. The Bertz CT molecular complexity index is 568. The van der Waals surface area contributed by atoms with Crippen molar-refractivity contribution in [3.8, 4) is 11.4 Å². The third-order valence-corrected chi connectivity index (χ3v) is 3.67. The molecule has 2 aromatic rings. The number of aromatic amines is 1. The minimum atomic E-state index is 0.205. The molecule has 1 unspecified atom stereocenters. The highest BCUT2D eigenvalue weighted by molar-refractivity contribution is 6.33. The summed E-state index contributed by atoms with van der Waals surface area (Å²) in [6, 6.07) is 7.80. The number of hydrogen-bond donors (Lipinski definition) is 2. The molecule has 3 N–H and O–H groups in total. The van der Waals surface area contributed by atoms with Gasteiger partial charge < -0.3 is 10.6 Å². The number of nitrogens with one attached hydrogen (secondary N) is 1. The van der Waals surface area contributed by atoms with Crippen LogP contribution < -0.4 is 10.6 Å². The molecule has 0 aliphatic carbocycles. The predicted octanol–water partition coefficient (Wildman–Crippen LogP) is 2.05. The van der Waals surface area contributed by atoms with Crippen LogP contribution in [0.3, 0.4) is 0 Å². The zero-order valence-corrected chi connectivity index (χ0v) is 11.3. The summed E-state index contributed by atoms with van der Waals surface area (Å²) >= 11 is 6.16. The van der Waals surface area contributed by atoms with Crippen molar-refractivity contribution in [3.63, 3.8) is 0 Å². The maximum Gasteiger partial charge on any atom is 0.245 e. The third kappa shape index (κ3) is 2.57. The number of hydrogen-bond acceptors (Lipinski definition) is 4. The molecule has 1 aliphatic heterocycles. The van der Waals surface area contributed by atoms with Gasteiger partial charge in [-0.05, 0) is 25.0 Å². The zero-order chi connectivity index (χ0) is 13.2. The molecule has 1 aromatic carbocycles. The molecule has 0 saturated carbocycles. The molecular formula is C13H16ClN5. The van der Waals surface area contributed by atoms with Crippen LogP contribution in [-0.4, -0.2) is 34.3 Å². The van der Waals surface area contributed by atoms with E-state index in [0.29, 0.717) is 16.8 Å². The van der Waals surface area contributed by atoms with E-state index in [9.17, 15) is 0 Å². The molecule has 0 amide bonds. The van der Waals surface area contributed by atoms with E-state index in [1.165, 1.54) is 0 Å². The summed E-state index contributed by atoms with van der Waals surface area (Å²) < 4.78 is 0. The number of aromatic nitrogens is 3. The number of halogens is 1. The van der Waals surface area contributed by atoms with Gasteiger partial charge >= 0.3 is 0 Å². The quantitative estimate of drug-likeness (QED) is 0.881. The van der Waals surface area contributed by atoms with Gasteiger partial charge in [-0.15, -0.1) is 5.10 Å². The Morgan fingerprint density at radius 3 is 3.00 bits per heavy atom. The number of rotatable bonds is 2. The largest absolute Gasteiger partial charge is 0.338 e. The Morgan fingerprint density at radius 1 is 1.37 bits per heavy atom. The first-order chi connectivity index (χ1) is 9.24. The average molecular weight is 278 g/mol. The maximum absolute atomic E-state index is 6.16. The highest BCUT2D eigenvalue weighted by atomic mass is 35.5. The van der Waals surface area contributed by atoms with Crippen molar-refractivity contribution in [2.45, 2.75) is 18.9 Å². The van der Waals surface area contributed by atoms with Gasteiger partial charge in [0.05, 0.1) is 5.02 Å². The van der Waals surface area contributed by atoms with E-state index in [4.69, 9.17) is 17.3 Å². The fourth-order valence-corrected chi connectivity index (χ4v) is 2.58. The van der Waals surface area contributed by atoms with Crippen molar-refractivity contribution in [2.24, 2.45) is 5.73 Å². The fourth-order valence-electron chi connectivity index (χ4n) is 2.36. The molecule has 1 atom stereocenters. The molecule has 1 saturated heterocycles. The van der Waals surface area contributed by atoms with E-state index >= 15 is 0 Å². The van der Waals surface area contributed by atoms with Crippen LogP contribution in [-0.2, 0) is 0 Å². The zero-order valence-electron chi connectivity index (χ0n) is 10.5. The van der Waals surface area contributed by atoms with Gasteiger partial charge in [0.1, 0.15) is 0 Å². The van der Waals surface area contributed by atoms with E-state index in [1.807, 2.05) is 24.3 Å². The van der Waals surface area contributed by atoms with Crippen LogP contribution >= 0.6 is 11.6 Å². The van der Waals surface area contributed by atoms with Crippen molar-refractivity contribution in [1.29, 1.82) is 0 Å². The lowest BCUT2D eigenvalue weighted by atomic mass is 10.1. The molecule has 1 aromatic heterocycles. The first-order valence-corrected chi connectivity index (χ1v) is 6.79. The van der Waals surface area contributed by atoms with E-state index < -0.39 is 0 Å². The van der Waals surface area contributed by atoms with Crippen LogP contribution in [0.2, 0.25) is 5.02 Å². The fraction of sp³-hybridized carbons (Fsp3) is 0.385. The summed E-state index contributed by atoms with van der Waals surface area (Å²) in [5.74, 6) is 1.39. The van der Waals surface area contributed by atoms with E-state index in [2.05, 4.69) is 20.1 Å². The normalized spacial score (nSPS) is 19.7. The molecule has 100 valence electrons. The molecule has 1 fully saturated rings. The van der Waals surface area contributed by atoms with Gasteiger partial charge in [-0.2, -0.15) is 4.98 Å². The lowest BCUT2D eigenvalue weighted by Gasteiger charge is -2.29. The standard InChI is InChI=1S/C13H16ClN5/c14-11-6-2-1-5-10(11)12-16-13(18-17-12)19-7-3-4-9(15)8-19/h1-2,5-6,9H,3-4,7-8,15H2,(H,16,17,18). The SMILES string of the molecule is NC1CCCN(c2n[nH]c(-c3ccccc3Cl)n2)C1. The number of anilines is 1. The number of nitrogens with two attached hydrogens (primary N) is 1.